The summed E-state index contributed by atoms with van der Waals surface area (Å²) in [7, 11) is 3.85. The lowest BCUT2D eigenvalue weighted by atomic mass is 10.1. The zero-order chi connectivity index (χ0) is 20.2. The number of benzene rings is 1. The minimum atomic E-state index is -0.180. The second-order valence-electron chi connectivity index (χ2n) is 6.77. The van der Waals surface area contributed by atoms with Crippen molar-refractivity contribution >= 4 is 5.96 Å². The van der Waals surface area contributed by atoms with Crippen LogP contribution in [0.5, 0.6) is 0 Å². The van der Waals surface area contributed by atoms with E-state index >= 15 is 0 Å². The molecule has 1 heterocycles. The van der Waals surface area contributed by atoms with Crippen LogP contribution in [0.25, 0.3) is 0 Å². The average molecular weight is 391 g/mol. The fraction of sp³-hybridized carbons (Fsp3) is 0.476. The normalized spacial score (nSPS) is 11.8. The van der Waals surface area contributed by atoms with Gasteiger partial charge in [0.2, 0.25) is 0 Å². The van der Waals surface area contributed by atoms with Crippen LogP contribution in [0, 0.1) is 5.82 Å². The van der Waals surface area contributed by atoms with E-state index in [-0.39, 0.29) is 5.82 Å². The van der Waals surface area contributed by atoms with Gasteiger partial charge >= 0.3 is 0 Å². The van der Waals surface area contributed by atoms with Crippen molar-refractivity contribution in [3.05, 3.63) is 59.3 Å². The molecule has 0 bridgehead atoms. The Labute approximate surface area is 166 Å². The third-order valence-electron chi connectivity index (χ3n) is 3.94. The smallest absolute Gasteiger partial charge is 0.191 e. The molecule has 0 saturated heterocycles. The van der Waals surface area contributed by atoms with Crippen LogP contribution in [0.1, 0.15) is 30.2 Å². The Morgan fingerprint density at radius 3 is 2.82 bits per heavy atom. The molecule has 28 heavy (non-hydrogen) atoms. The van der Waals surface area contributed by atoms with Gasteiger partial charge in [-0.25, -0.2) is 9.38 Å². The Hall–Kier alpha value is -2.38. The highest BCUT2D eigenvalue weighted by Gasteiger charge is 2.05. The monoisotopic (exact) mass is 390 g/mol. The molecular formula is C21H31FN4O2. The van der Waals surface area contributed by atoms with E-state index in [0.29, 0.717) is 31.9 Å². The van der Waals surface area contributed by atoms with E-state index in [0.717, 1.165) is 36.8 Å². The van der Waals surface area contributed by atoms with Gasteiger partial charge in [-0.1, -0.05) is 6.07 Å². The van der Waals surface area contributed by atoms with Crippen LogP contribution in [-0.2, 0) is 24.4 Å². The predicted molar refractivity (Wildman–Crippen MR) is 110 cm³/mol. The van der Waals surface area contributed by atoms with Gasteiger partial charge in [0, 0.05) is 31.8 Å². The topological polar surface area (TPSA) is 62.0 Å². The summed E-state index contributed by atoms with van der Waals surface area (Å²) in [6.07, 6.45) is 2.50. The number of furan rings is 1. The van der Waals surface area contributed by atoms with Gasteiger partial charge in [0.1, 0.15) is 18.2 Å². The summed E-state index contributed by atoms with van der Waals surface area (Å²) in [6.45, 7) is 5.73. The Bertz CT molecular complexity index is 717. The van der Waals surface area contributed by atoms with Gasteiger partial charge in [-0.2, -0.15) is 0 Å². The van der Waals surface area contributed by atoms with E-state index < -0.39 is 0 Å². The molecule has 2 rings (SSSR count). The quantitative estimate of drug-likeness (QED) is 0.351. The van der Waals surface area contributed by atoms with Gasteiger partial charge in [-0.15, -0.1) is 0 Å². The molecule has 0 unspecified atom stereocenters. The summed E-state index contributed by atoms with van der Waals surface area (Å²) >= 11 is 0. The van der Waals surface area contributed by atoms with Crippen molar-refractivity contribution in [1.29, 1.82) is 0 Å². The SMILES string of the molecule is CCNC(=NCc1ccc(F)c(CN(C)C)c1)NCCCOCc1ccco1. The Morgan fingerprint density at radius 2 is 2.11 bits per heavy atom. The van der Waals surface area contributed by atoms with Gasteiger partial charge in [0.25, 0.3) is 0 Å². The van der Waals surface area contributed by atoms with Gasteiger partial charge in [-0.3, -0.25) is 0 Å². The lowest BCUT2D eigenvalue weighted by Gasteiger charge is -2.13. The number of rotatable bonds is 11. The molecule has 1 aromatic heterocycles. The molecule has 2 aromatic rings. The first-order valence-corrected chi connectivity index (χ1v) is 9.62. The first kappa shape index (κ1) is 21.9. The third kappa shape index (κ3) is 8.10. The molecule has 0 atom stereocenters. The summed E-state index contributed by atoms with van der Waals surface area (Å²) in [5.41, 5.74) is 1.67. The molecule has 7 heteroatoms. The van der Waals surface area contributed by atoms with Crippen molar-refractivity contribution in [2.45, 2.75) is 33.0 Å². The molecule has 2 N–H and O–H groups in total. The van der Waals surface area contributed by atoms with Crippen LogP contribution in [0.3, 0.4) is 0 Å². The highest BCUT2D eigenvalue weighted by atomic mass is 19.1. The molecular weight excluding hydrogens is 359 g/mol. The van der Waals surface area contributed by atoms with Crippen molar-refractivity contribution in [3.8, 4) is 0 Å². The molecule has 0 aliphatic rings. The molecule has 0 saturated carbocycles. The van der Waals surface area contributed by atoms with Gasteiger partial charge < -0.3 is 24.7 Å². The highest BCUT2D eigenvalue weighted by Crippen LogP contribution is 2.13. The fourth-order valence-corrected chi connectivity index (χ4v) is 2.65. The first-order valence-electron chi connectivity index (χ1n) is 9.62. The van der Waals surface area contributed by atoms with Crippen LogP contribution in [0.15, 0.2) is 46.0 Å². The maximum absolute atomic E-state index is 13.9. The van der Waals surface area contributed by atoms with Crippen LogP contribution in [0.2, 0.25) is 0 Å². The van der Waals surface area contributed by atoms with Crippen LogP contribution in [-0.4, -0.2) is 44.7 Å². The van der Waals surface area contributed by atoms with Gasteiger partial charge in [-0.05, 0) is 57.3 Å². The standard InChI is InChI=1S/C21H31FN4O2/c1-4-23-21(24-10-6-11-27-16-19-7-5-12-28-19)25-14-17-8-9-20(22)18(13-17)15-26(2)3/h5,7-9,12-13H,4,6,10-11,14-16H2,1-3H3,(H2,23,24,25). The molecule has 0 aliphatic heterocycles. The molecule has 1 aromatic carbocycles. The lowest BCUT2D eigenvalue weighted by Crippen LogP contribution is -2.38. The minimum absolute atomic E-state index is 0.180. The van der Waals surface area contributed by atoms with Crippen molar-refractivity contribution in [3.63, 3.8) is 0 Å². The molecule has 0 fully saturated rings. The number of ether oxygens (including phenoxy) is 1. The number of aliphatic imine (C=N–C) groups is 1. The second-order valence-corrected chi connectivity index (χ2v) is 6.77. The zero-order valence-electron chi connectivity index (χ0n) is 17.0. The van der Waals surface area contributed by atoms with Gasteiger partial charge in [0.15, 0.2) is 5.96 Å². The minimum Gasteiger partial charge on any atom is -0.467 e. The van der Waals surface area contributed by atoms with Gasteiger partial charge in [0.05, 0.1) is 12.8 Å². The van der Waals surface area contributed by atoms with Crippen LogP contribution < -0.4 is 10.6 Å². The largest absolute Gasteiger partial charge is 0.467 e. The summed E-state index contributed by atoms with van der Waals surface area (Å²) in [5.74, 6) is 1.39. The molecule has 0 radical (unpaired) electrons. The van der Waals surface area contributed by atoms with E-state index in [2.05, 4.69) is 15.6 Å². The Balaban J connectivity index is 1.77. The number of halogens is 1. The van der Waals surface area contributed by atoms with E-state index in [9.17, 15) is 4.39 Å². The number of nitrogens with zero attached hydrogens (tertiary/aromatic N) is 2. The first-order chi connectivity index (χ1) is 13.6. The van der Waals surface area contributed by atoms with Crippen LogP contribution >= 0.6 is 0 Å². The van der Waals surface area contributed by atoms with Crippen LogP contribution in [0.4, 0.5) is 4.39 Å². The second kappa shape index (κ2) is 12.2. The number of guanidine groups is 1. The predicted octanol–water partition coefficient (Wildman–Crippen LogP) is 3.14. The highest BCUT2D eigenvalue weighted by molar-refractivity contribution is 5.79. The molecule has 0 amide bonds. The zero-order valence-corrected chi connectivity index (χ0v) is 17.0. The molecule has 0 aliphatic carbocycles. The maximum Gasteiger partial charge on any atom is 0.191 e. The maximum atomic E-state index is 13.9. The third-order valence-corrected chi connectivity index (χ3v) is 3.94. The molecule has 6 nitrogen and oxygen atoms in total. The number of hydrogen-bond donors (Lipinski definition) is 2. The Kier molecular flexibility index (Phi) is 9.51. The van der Waals surface area contributed by atoms with E-state index in [4.69, 9.17) is 9.15 Å². The summed E-state index contributed by atoms with van der Waals surface area (Å²) in [5, 5.41) is 6.52. The Morgan fingerprint density at radius 1 is 1.25 bits per heavy atom. The lowest BCUT2D eigenvalue weighted by molar-refractivity contribution is 0.105. The van der Waals surface area contributed by atoms with E-state index in [1.165, 1.54) is 6.07 Å². The summed E-state index contributed by atoms with van der Waals surface area (Å²) in [4.78, 5) is 6.54. The van der Waals surface area contributed by atoms with Crippen molar-refractivity contribution in [2.24, 2.45) is 4.99 Å². The van der Waals surface area contributed by atoms with Crippen molar-refractivity contribution in [1.82, 2.24) is 15.5 Å². The van der Waals surface area contributed by atoms with Crippen molar-refractivity contribution in [2.75, 3.05) is 33.8 Å². The molecule has 0 spiro atoms. The van der Waals surface area contributed by atoms with E-state index in [1.807, 2.05) is 44.1 Å². The molecule has 154 valence electrons. The van der Waals surface area contributed by atoms with Crippen molar-refractivity contribution < 1.29 is 13.5 Å². The number of hydrogen-bond acceptors (Lipinski definition) is 4. The fourth-order valence-electron chi connectivity index (χ4n) is 2.65. The average Bonchev–Trinajstić information content (AvgIpc) is 3.18. The number of nitrogens with one attached hydrogen (secondary N) is 2. The summed E-state index contributed by atoms with van der Waals surface area (Å²) in [6, 6.07) is 8.92. The van der Waals surface area contributed by atoms with E-state index in [1.54, 1.807) is 12.3 Å². The summed E-state index contributed by atoms with van der Waals surface area (Å²) < 4.78 is 24.7.